The summed E-state index contributed by atoms with van der Waals surface area (Å²) in [6.07, 6.45) is 0. The highest BCUT2D eigenvalue weighted by molar-refractivity contribution is 7.00. The van der Waals surface area contributed by atoms with Gasteiger partial charge in [-0.2, -0.15) is 8.75 Å². The highest BCUT2D eigenvalue weighted by Gasteiger charge is 2.24. The molecule has 0 bridgehead atoms. The minimum Gasteiger partial charge on any atom is -0.497 e. The van der Waals surface area contributed by atoms with E-state index in [0.717, 1.165) is 112 Å². The van der Waals surface area contributed by atoms with E-state index in [4.69, 9.17) is 29.7 Å². The SMILES string of the molecule is COc1ccc(/C(=C(/c2ccccc2)c2ccc(-c3c(N)c(N)c(-c4ccc(/C(=C(\c5ccc(C)cc5)c5ccc(OC)cc5)c5ccccc5)cc4)c4nsnc34)cc2)c2ccc(C)cc2)cc1. The van der Waals surface area contributed by atoms with Gasteiger partial charge in [-0.15, -0.1) is 0 Å². The Kier molecular flexibility index (Phi) is 12.4. The monoisotopic (exact) mass is 914 g/mol. The van der Waals surface area contributed by atoms with Gasteiger partial charge in [0.1, 0.15) is 22.5 Å². The van der Waals surface area contributed by atoms with Gasteiger partial charge >= 0.3 is 0 Å². The second-order valence-electron chi connectivity index (χ2n) is 17.1. The Morgan fingerprint density at radius 2 is 0.609 bits per heavy atom. The fraction of sp³-hybridized carbons (Fsp3) is 0.0645. The number of benzene rings is 9. The Bertz CT molecular complexity index is 3240. The molecular weight excluding hydrogens is 865 g/mol. The Labute approximate surface area is 407 Å². The van der Waals surface area contributed by atoms with Crippen molar-refractivity contribution in [2.75, 3.05) is 25.7 Å². The van der Waals surface area contributed by atoms with Crippen LogP contribution in [0.2, 0.25) is 0 Å². The van der Waals surface area contributed by atoms with Crippen molar-refractivity contribution < 1.29 is 9.47 Å². The third-order valence-corrected chi connectivity index (χ3v) is 13.3. The molecule has 0 aliphatic carbocycles. The lowest BCUT2D eigenvalue weighted by atomic mass is 9.84. The van der Waals surface area contributed by atoms with Crippen molar-refractivity contribution in [3.05, 3.63) is 262 Å². The van der Waals surface area contributed by atoms with E-state index in [1.165, 1.54) is 11.1 Å². The van der Waals surface area contributed by atoms with Gasteiger partial charge in [0.2, 0.25) is 0 Å². The second-order valence-corrected chi connectivity index (χ2v) is 17.6. The molecule has 6 nitrogen and oxygen atoms in total. The maximum atomic E-state index is 7.13. The fourth-order valence-corrected chi connectivity index (χ4v) is 9.78. The minimum atomic E-state index is 0.463. The van der Waals surface area contributed by atoms with Crippen molar-refractivity contribution >= 4 is 56.4 Å². The van der Waals surface area contributed by atoms with Crippen LogP contribution in [-0.4, -0.2) is 23.0 Å². The number of ether oxygens (including phenoxy) is 2. The lowest BCUT2D eigenvalue weighted by Crippen LogP contribution is -2.02. The van der Waals surface area contributed by atoms with Crippen LogP contribution in [0.25, 0.3) is 55.6 Å². The van der Waals surface area contributed by atoms with E-state index >= 15 is 0 Å². The zero-order valence-corrected chi connectivity index (χ0v) is 39.7. The molecule has 0 unspecified atom stereocenters. The summed E-state index contributed by atoms with van der Waals surface area (Å²) in [5.74, 6) is 1.61. The van der Waals surface area contributed by atoms with Crippen LogP contribution < -0.4 is 20.9 Å². The Morgan fingerprint density at radius 3 is 0.899 bits per heavy atom. The molecule has 10 aromatic rings. The average molecular weight is 915 g/mol. The first-order valence-electron chi connectivity index (χ1n) is 22.9. The molecule has 0 atom stereocenters. The summed E-state index contributed by atoms with van der Waals surface area (Å²) < 4.78 is 20.8. The number of aryl methyl sites for hydroxylation is 2. The van der Waals surface area contributed by atoms with Crippen LogP contribution in [0.3, 0.4) is 0 Å². The van der Waals surface area contributed by atoms with E-state index in [9.17, 15) is 0 Å². The molecule has 0 saturated carbocycles. The summed E-state index contributed by atoms with van der Waals surface area (Å²) in [5.41, 5.74) is 35.4. The van der Waals surface area contributed by atoms with Crippen LogP contribution in [0.1, 0.15) is 55.6 Å². The number of hydrogen-bond acceptors (Lipinski definition) is 7. The van der Waals surface area contributed by atoms with Gasteiger partial charge in [0.25, 0.3) is 0 Å². The number of methoxy groups -OCH3 is 2. The molecule has 7 heteroatoms. The number of anilines is 2. The maximum Gasteiger partial charge on any atom is 0.118 e. The van der Waals surface area contributed by atoms with E-state index in [0.29, 0.717) is 22.4 Å². The standard InChI is InChI=1S/C62H50N4O2S/c1-39-15-19-43(20-16-39)55(47-31-35-51(67-3)36-32-47)53(41-11-7-5-8-12-41)45-23-27-49(28-24-45)57-59(63)60(64)58(62-61(57)65-69-66-62)50-29-25-46(26-30-50)54(42-13-9-6-10-14-42)56(44-21-17-40(2)18-22-44)48-33-37-52(68-4)38-34-48/h5-38H,63-64H2,1-4H3/b55-53-,56-54+. The van der Waals surface area contributed by atoms with Crippen LogP contribution in [-0.2, 0) is 0 Å². The third-order valence-electron chi connectivity index (χ3n) is 12.8. The van der Waals surface area contributed by atoms with E-state index in [2.05, 4.69) is 184 Å². The molecular formula is C62H50N4O2S. The van der Waals surface area contributed by atoms with Crippen molar-refractivity contribution in [2.45, 2.75) is 13.8 Å². The highest BCUT2D eigenvalue weighted by Crippen LogP contribution is 2.46. The summed E-state index contributed by atoms with van der Waals surface area (Å²) >= 11 is 1.16. The maximum absolute atomic E-state index is 7.13. The smallest absolute Gasteiger partial charge is 0.118 e. The van der Waals surface area contributed by atoms with E-state index in [1.54, 1.807) is 14.2 Å². The molecule has 1 heterocycles. The molecule has 69 heavy (non-hydrogen) atoms. The first-order valence-corrected chi connectivity index (χ1v) is 23.6. The number of hydrogen-bond donors (Lipinski definition) is 2. The summed E-state index contributed by atoms with van der Waals surface area (Å²) in [7, 11) is 3.38. The molecule has 0 aliphatic rings. The summed E-state index contributed by atoms with van der Waals surface area (Å²) in [5, 5.41) is 0. The molecule has 0 spiro atoms. The van der Waals surface area contributed by atoms with Gasteiger partial charge in [-0.1, -0.05) is 193 Å². The van der Waals surface area contributed by atoms with Gasteiger partial charge in [0, 0.05) is 11.1 Å². The third kappa shape index (κ3) is 8.80. The largest absolute Gasteiger partial charge is 0.497 e. The number of rotatable bonds is 12. The predicted octanol–water partition coefficient (Wildman–Crippen LogP) is 14.8. The number of nitrogen functional groups attached to an aromatic ring is 2. The first kappa shape index (κ1) is 44.3. The highest BCUT2D eigenvalue weighted by atomic mass is 32.1. The first-order chi connectivity index (χ1) is 33.8. The average Bonchev–Trinajstić information content (AvgIpc) is 3.88. The second kappa shape index (κ2) is 19.4. The van der Waals surface area contributed by atoms with Gasteiger partial charge in [-0.05, 0) is 116 Å². The van der Waals surface area contributed by atoms with Crippen molar-refractivity contribution in [3.8, 4) is 33.8 Å². The van der Waals surface area contributed by atoms with Gasteiger partial charge in [-0.3, -0.25) is 0 Å². The van der Waals surface area contributed by atoms with Crippen LogP contribution in [0.15, 0.2) is 206 Å². The number of fused-ring (bicyclic) bond motifs is 1. The van der Waals surface area contributed by atoms with E-state index in [1.807, 2.05) is 36.4 Å². The summed E-state index contributed by atoms with van der Waals surface area (Å²) in [6.45, 7) is 4.22. The van der Waals surface area contributed by atoms with E-state index < -0.39 is 0 Å². The van der Waals surface area contributed by atoms with Gasteiger partial charge in [0.15, 0.2) is 0 Å². The van der Waals surface area contributed by atoms with Gasteiger partial charge in [-0.25, -0.2) is 0 Å². The van der Waals surface area contributed by atoms with Crippen molar-refractivity contribution in [1.29, 1.82) is 0 Å². The summed E-state index contributed by atoms with van der Waals surface area (Å²) in [4.78, 5) is 0. The molecule has 10 rings (SSSR count). The molecule has 336 valence electrons. The predicted molar refractivity (Wildman–Crippen MR) is 288 cm³/mol. The van der Waals surface area contributed by atoms with Gasteiger partial charge < -0.3 is 20.9 Å². The van der Waals surface area contributed by atoms with Crippen molar-refractivity contribution in [2.24, 2.45) is 0 Å². The molecule has 9 aromatic carbocycles. The Morgan fingerprint density at radius 1 is 0.348 bits per heavy atom. The van der Waals surface area contributed by atoms with Crippen LogP contribution in [0.5, 0.6) is 11.5 Å². The molecule has 0 saturated heterocycles. The van der Waals surface area contributed by atoms with Crippen molar-refractivity contribution in [1.82, 2.24) is 8.75 Å². The van der Waals surface area contributed by atoms with Crippen LogP contribution in [0, 0.1) is 13.8 Å². The Balaban J connectivity index is 1.08. The zero-order chi connectivity index (χ0) is 47.4. The Hall–Kier alpha value is -8.52. The quantitative estimate of drug-likeness (QED) is 0.0936. The number of nitrogens with zero attached hydrogens (tertiary/aromatic N) is 2. The molecule has 0 amide bonds. The lowest BCUT2D eigenvalue weighted by molar-refractivity contribution is 0.414. The lowest BCUT2D eigenvalue weighted by Gasteiger charge is -2.20. The normalized spacial score (nSPS) is 12.1. The molecule has 0 fully saturated rings. The molecule has 1 aromatic heterocycles. The number of nitrogens with two attached hydrogens (primary N) is 2. The van der Waals surface area contributed by atoms with Crippen LogP contribution >= 0.6 is 11.7 Å². The molecule has 0 aliphatic heterocycles. The topological polar surface area (TPSA) is 96.3 Å². The van der Waals surface area contributed by atoms with Crippen molar-refractivity contribution in [3.63, 3.8) is 0 Å². The fourth-order valence-electron chi connectivity index (χ4n) is 9.22. The van der Waals surface area contributed by atoms with Gasteiger partial charge in [0.05, 0.1) is 37.3 Å². The minimum absolute atomic E-state index is 0.463. The molecule has 4 N–H and O–H groups in total. The zero-order valence-electron chi connectivity index (χ0n) is 38.9. The van der Waals surface area contributed by atoms with E-state index in [-0.39, 0.29) is 0 Å². The number of aromatic nitrogens is 2. The summed E-state index contributed by atoms with van der Waals surface area (Å²) in [6, 6.07) is 72.2. The van der Waals surface area contributed by atoms with Crippen LogP contribution in [0.4, 0.5) is 11.4 Å². The molecule has 0 radical (unpaired) electrons.